The summed E-state index contributed by atoms with van der Waals surface area (Å²) in [5.41, 5.74) is 4.43. The predicted octanol–water partition coefficient (Wildman–Crippen LogP) is 3.36. The molecule has 2 nitrogen and oxygen atoms in total. The quantitative estimate of drug-likeness (QED) is 0.872. The fourth-order valence-electron chi connectivity index (χ4n) is 1.98. The van der Waals surface area contributed by atoms with E-state index in [9.17, 15) is 0 Å². The van der Waals surface area contributed by atoms with Crippen molar-refractivity contribution in [1.82, 2.24) is 4.98 Å². The van der Waals surface area contributed by atoms with Crippen LogP contribution in [0.5, 0.6) is 0 Å². The molecule has 17 heavy (non-hydrogen) atoms. The van der Waals surface area contributed by atoms with Crippen LogP contribution >= 0.6 is 0 Å². The van der Waals surface area contributed by atoms with E-state index in [0.717, 1.165) is 11.1 Å². The Morgan fingerprint density at radius 3 is 2.65 bits per heavy atom. The van der Waals surface area contributed by atoms with Crippen LogP contribution < -0.4 is 0 Å². The first kappa shape index (κ1) is 11.8. The highest BCUT2D eigenvalue weighted by Crippen LogP contribution is 2.28. The molecule has 1 aromatic carbocycles. The number of aliphatic hydroxyl groups excluding tert-OH is 1. The van der Waals surface area contributed by atoms with Crippen LogP contribution in [0.4, 0.5) is 0 Å². The van der Waals surface area contributed by atoms with E-state index in [1.807, 2.05) is 18.3 Å². The lowest BCUT2D eigenvalue weighted by Crippen LogP contribution is -1.93. The largest absolute Gasteiger partial charge is 0.392 e. The first-order valence-electron chi connectivity index (χ1n) is 5.86. The Hall–Kier alpha value is -1.67. The van der Waals surface area contributed by atoms with Crippen LogP contribution in [-0.4, -0.2) is 10.1 Å². The Bertz CT molecular complexity index is 506. The Labute approximate surface area is 102 Å². The third-order valence-corrected chi connectivity index (χ3v) is 2.87. The van der Waals surface area contributed by atoms with E-state index in [1.165, 1.54) is 11.1 Å². The fraction of sp³-hybridized carbons (Fsp3) is 0.267. The minimum atomic E-state index is 0.0324. The fourth-order valence-corrected chi connectivity index (χ4v) is 1.98. The molecule has 0 saturated carbocycles. The van der Waals surface area contributed by atoms with E-state index < -0.39 is 0 Å². The van der Waals surface area contributed by atoms with Gasteiger partial charge in [-0.1, -0.05) is 38.1 Å². The van der Waals surface area contributed by atoms with Crippen molar-refractivity contribution >= 4 is 0 Å². The maximum Gasteiger partial charge on any atom is 0.0697 e. The van der Waals surface area contributed by atoms with Crippen molar-refractivity contribution in [3.63, 3.8) is 0 Å². The zero-order chi connectivity index (χ0) is 12.3. The Morgan fingerprint density at radius 1 is 1.18 bits per heavy atom. The number of aliphatic hydroxyl groups is 1. The summed E-state index contributed by atoms with van der Waals surface area (Å²) >= 11 is 0. The van der Waals surface area contributed by atoms with Crippen molar-refractivity contribution in [3.8, 4) is 11.1 Å². The summed E-state index contributed by atoms with van der Waals surface area (Å²) in [5.74, 6) is 0.476. The summed E-state index contributed by atoms with van der Waals surface area (Å²) in [7, 11) is 0. The molecule has 1 N–H and O–H groups in total. The van der Waals surface area contributed by atoms with Crippen molar-refractivity contribution in [2.75, 3.05) is 0 Å². The minimum Gasteiger partial charge on any atom is -0.392 e. The highest BCUT2D eigenvalue weighted by molar-refractivity contribution is 5.67. The van der Waals surface area contributed by atoms with Crippen LogP contribution in [0, 0.1) is 0 Å². The van der Waals surface area contributed by atoms with Gasteiger partial charge in [0.05, 0.1) is 6.61 Å². The summed E-state index contributed by atoms with van der Waals surface area (Å²) in [4.78, 5) is 4.17. The molecule has 0 unspecified atom stereocenters. The molecule has 2 aromatic rings. The van der Waals surface area contributed by atoms with Gasteiger partial charge >= 0.3 is 0 Å². The van der Waals surface area contributed by atoms with Crippen molar-refractivity contribution in [1.29, 1.82) is 0 Å². The van der Waals surface area contributed by atoms with Crippen molar-refractivity contribution < 1.29 is 5.11 Å². The molecular formula is C15H17NO. The molecule has 0 aliphatic carbocycles. The van der Waals surface area contributed by atoms with Crippen LogP contribution in [0.1, 0.15) is 30.9 Å². The molecule has 0 aliphatic rings. The smallest absolute Gasteiger partial charge is 0.0697 e. The van der Waals surface area contributed by atoms with Crippen LogP contribution in [0.15, 0.2) is 42.7 Å². The Morgan fingerprint density at radius 2 is 1.94 bits per heavy atom. The molecule has 0 spiro atoms. The number of rotatable bonds is 3. The molecular weight excluding hydrogens is 210 g/mol. The molecule has 1 aromatic heterocycles. The number of nitrogens with zero attached hydrogens (tertiary/aromatic N) is 1. The summed E-state index contributed by atoms with van der Waals surface area (Å²) < 4.78 is 0. The summed E-state index contributed by atoms with van der Waals surface area (Å²) in [6.07, 6.45) is 3.54. The third kappa shape index (κ3) is 2.53. The average molecular weight is 227 g/mol. The van der Waals surface area contributed by atoms with Crippen molar-refractivity contribution in [2.45, 2.75) is 26.4 Å². The molecule has 2 heteroatoms. The second-order valence-corrected chi connectivity index (χ2v) is 4.48. The molecule has 0 aliphatic heterocycles. The molecule has 0 fully saturated rings. The highest BCUT2D eigenvalue weighted by Gasteiger charge is 2.08. The van der Waals surface area contributed by atoms with Crippen molar-refractivity contribution in [3.05, 3.63) is 53.9 Å². The lowest BCUT2D eigenvalue weighted by Gasteiger charge is -2.12. The van der Waals surface area contributed by atoms with Gasteiger partial charge in [-0.25, -0.2) is 0 Å². The second-order valence-electron chi connectivity index (χ2n) is 4.48. The van der Waals surface area contributed by atoms with Crippen LogP contribution in [0.3, 0.4) is 0 Å². The van der Waals surface area contributed by atoms with Gasteiger partial charge < -0.3 is 5.11 Å². The number of hydrogen-bond donors (Lipinski definition) is 1. The first-order chi connectivity index (χ1) is 8.22. The standard InChI is InChI=1S/C15H17NO/c1-11(2)14-5-3-4-6-15(14)13-7-12(10-17)8-16-9-13/h3-9,11,17H,10H2,1-2H3. The van der Waals surface area contributed by atoms with Gasteiger partial charge in [0.1, 0.15) is 0 Å². The SMILES string of the molecule is CC(C)c1ccccc1-c1cncc(CO)c1. The molecule has 0 radical (unpaired) electrons. The lowest BCUT2D eigenvalue weighted by atomic mass is 9.93. The van der Waals surface area contributed by atoms with Gasteiger partial charge in [-0.3, -0.25) is 4.98 Å². The number of benzene rings is 1. The van der Waals surface area contributed by atoms with E-state index in [4.69, 9.17) is 5.11 Å². The lowest BCUT2D eigenvalue weighted by molar-refractivity contribution is 0.281. The second kappa shape index (κ2) is 5.11. The summed E-state index contributed by atoms with van der Waals surface area (Å²) in [6, 6.07) is 10.3. The molecule has 2 rings (SSSR count). The van der Waals surface area contributed by atoms with E-state index in [2.05, 4.69) is 37.0 Å². The highest BCUT2D eigenvalue weighted by atomic mass is 16.3. The summed E-state index contributed by atoms with van der Waals surface area (Å²) in [6.45, 7) is 4.40. The minimum absolute atomic E-state index is 0.0324. The molecule has 1 heterocycles. The Balaban J connectivity index is 2.52. The maximum absolute atomic E-state index is 9.15. The van der Waals surface area contributed by atoms with Gasteiger partial charge in [0.25, 0.3) is 0 Å². The van der Waals surface area contributed by atoms with Crippen LogP contribution in [0.25, 0.3) is 11.1 Å². The number of hydrogen-bond acceptors (Lipinski definition) is 2. The van der Waals surface area contributed by atoms with E-state index in [-0.39, 0.29) is 6.61 Å². The van der Waals surface area contributed by atoms with Gasteiger partial charge in [-0.05, 0) is 28.7 Å². The first-order valence-corrected chi connectivity index (χ1v) is 5.86. The Kier molecular flexibility index (Phi) is 3.55. The van der Waals surface area contributed by atoms with E-state index >= 15 is 0 Å². The average Bonchev–Trinajstić information content (AvgIpc) is 2.39. The van der Waals surface area contributed by atoms with Gasteiger partial charge in [0.15, 0.2) is 0 Å². The molecule has 88 valence electrons. The van der Waals surface area contributed by atoms with Gasteiger partial charge in [0.2, 0.25) is 0 Å². The number of aromatic nitrogens is 1. The molecule has 0 atom stereocenters. The monoisotopic (exact) mass is 227 g/mol. The maximum atomic E-state index is 9.15. The zero-order valence-corrected chi connectivity index (χ0v) is 10.2. The van der Waals surface area contributed by atoms with Crippen LogP contribution in [-0.2, 0) is 6.61 Å². The zero-order valence-electron chi connectivity index (χ0n) is 10.2. The van der Waals surface area contributed by atoms with E-state index in [1.54, 1.807) is 6.20 Å². The summed E-state index contributed by atoms with van der Waals surface area (Å²) in [5, 5.41) is 9.15. The predicted molar refractivity (Wildman–Crippen MR) is 69.7 cm³/mol. The number of pyridine rings is 1. The normalized spacial score (nSPS) is 10.8. The molecule has 0 amide bonds. The van der Waals surface area contributed by atoms with Gasteiger partial charge in [-0.2, -0.15) is 0 Å². The van der Waals surface area contributed by atoms with Crippen molar-refractivity contribution in [2.24, 2.45) is 0 Å². The van der Waals surface area contributed by atoms with Gasteiger partial charge in [-0.15, -0.1) is 0 Å². The van der Waals surface area contributed by atoms with Crippen LogP contribution in [0.2, 0.25) is 0 Å². The molecule has 0 saturated heterocycles. The van der Waals surface area contributed by atoms with E-state index in [0.29, 0.717) is 5.92 Å². The molecule has 0 bridgehead atoms. The topological polar surface area (TPSA) is 33.1 Å². The van der Waals surface area contributed by atoms with Gasteiger partial charge in [0, 0.05) is 18.0 Å². The third-order valence-electron chi connectivity index (χ3n) is 2.87.